The number of carbonyl (C=O) groups excluding carboxylic acids is 2. The third-order valence-electron chi connectivity index (χ3n) is 15.0. The molecule has 13 heteroatoms. The molecule has 4 fully saturated rings. The van der Waals surface area contributed by atoms with Crippen LogP contribution in [0.2, 0.25) is 5.15 Å². The van der Waals surface area contributed by atoms with Crippen molar-refractivity contribution in [2.45, 2.75) is 93.2 Å². The van der Waals surface area contributed by atoms with Gasteiger partial charge in [-0.3, -0.25) is 14.6 Å². The van der Waals surface area contributed by atoms with Gasteiger partial charge in [0.15, 0.2) is 0 Å². The van der Waals surface area contributed by atoms with Crippen molar-refractivity contribution in [3.8, 4) is 39.7 Å². The number of hydrogen-bond donors (Lipinski definition) is 4. The van der Waals surface area contributed by atoms with Crippen LogP contribution in [-0.4, -0.2) is 104 Å². The third kappa shape index (κ3) is 4.93. The van der Waals surface area contributed by atoms with E-state index in [1.807, 2.05) is 50.6 Å². The normalized spacial score (nSPS) is 22.4. The Labute approximate surface area is 347 Å². The highest BCUT2D eigenvalue weighted by molar-refractivity contribution is 6.29. The summed E-state index contributed by atoms with van der Waals surface area (Å²) in [4.78, 5) is 51.9. The number of likely N-dealkylation sites (N-methyl/N-ethyl adjacent to an activating group) is 2. The molecule has 59 heavy (non-hydrogen) atoms. The highest BCUT2D eigenvalue weighted by Crippen LogP contribution is 2.61. The third-order valence-corrected chi connectivity index (χ3v) is 15.2. The number of amides is 2. The van der Waals surface area contributed by atoms with Crippen molar-refractivity contribution in [2.24, 2.45) is 0 Å². The number of carbonyl (C=O) groups is 2. The number of fused-ring (bicyclic) bond motifs is 14. The van der Waals surface area contributed by atoms with Gasteiger partial charge >= 0.3 is 0 Å². The first-order valence-corrected chi connectivity index (χ1v) is 21.6. The first-order chi connectivity index (χ1) is 28.4. The molecule has 2 saturated carbocycles. The van der Waals surface area contributed by atoms with Gasteiger partial charge in [-0.05, 0) is 120 Å². The number of halogens is 1. The molecule has 0 radical (unpaired) electrons. The van der Waals surface area contributed by atoms with E-state index >= 15 is 0 Å². The average molecular weight is 810 g/mol. The molecule has 4 N–H and O–H groups in total. The van der Waals surface area contributed by atoms with E-state index in [0.29, 0.717) is 11.0 Å². The van der Waals surface area contributed by atoms with Gasteiger partial charge in [-0.25, -0.2) is 9.97 Å². The van der Waals surface area contributed by atoms with E-state index in [1.165, 1.54) is 22.4 Å². The van der Waals surface area contributed by atoms with Crippen LogP contribution in [0.4, 0.5) is 0 Å². The lowest BCUT2D eigenvalue weighted by molar-refractivity contribution is 0.0338. The summed E-state index contributed by atoms with van der Waals surface area (Å²) < 4.78 is 5.69. The Bertz CT molecular complexity index is 2640. The van der Waals surface area contributed by atoms with Crippen LogP contribution in [0.25, 0.3) is 33.8 Å². The van der Waals surface area contributed by atoms with Crippen molar-refractivity contribution >= 4 is 23.4 Å². The standard InChI is InChI=1S/C27H29N5O2.C19H19ClN4O/c1-15(2)34-21-7-5-17(12-29-21)20-10-19-16(11-28-20)4-6-18-22-24(30-23(18)19)26(13-32(3)14-26)27(8-9-27)31-25(22)33;1-24-8-18(9-24)16-14(17(25)23-19(18)4-5-19)11-3-2-10-7-21-13(20)6-12(10)15(11)22-16/h5,7,10-12,15,30H,4,6,8-9,13-14H2,1-3H3,(H,31,33);6-7,22H,2-5,8-9H2,1H3,(H,23,25). The van der Waals surface area contributed by atoms with Crippen molar-refractivity contribution in [1.82, 2.24) is 45.4 Å². The van der Waals surface area contributed by atoms with Crippen LogP contribution in [0.3, 0.4) is 0 Å². The molecule has 13 rings (SSSR count). The van der Waals surface area contributed by atoms with Crippen LogP contribution < -0.4 is 15.4 Å². The zero-order chi connectivity index (χ0) is 40.2. The Morgan fingerprint density at radius 3 is 1.69 bits per heavy atom. The monoisotopic (exact) mass is 809 g/mol. The molecule has 0 bridgehead atoms. The highest BCUT2D eigenvalue weighted by atomic mass is 35.5. The van der Waals surface area contributed by atoms with Gasteiger partial charge in [-0.15, -0.1) is 0 Å². The molecule has 2 amide bonds. The molecule has 4 aliphatic carbocycles. The topological polar surface area (TPSA) is 144 Å². The van der Waals surface area contributed by atoms with Gasteiger partial charge in [-0.1, -0.05) is 11.6 Å². The minimum absolute atomic E-state index is 0.00845. The van der Waals surface area contributed by atoms with Crippen LogP contribution in [0.15, 0.2) is 42.9 Å². The quantitative estimate of drug-likeness (QED) is 0.168. The lowest BCUT2D eigenvalue weighted by Crippen LogP contribution is -2.71. The number of H-pyrrole nitrogens is 2. The maximum absolute atomic E-state index is 13.3. The Kier molecular flexibility index (Phi) is 7.32. The molecular weight excluding hydrogens is 762 g/mol. The van der Waals surface area contributed by atoms with Crippen molar-refractivity contribution in [2.75, 3.05) is 40.3 Å². The lowest BCUT2D eigenvalue weighted by atomic mass is 9.65. The summed E-state index contributed by atoms with van der Waals surface area (Å²) in [5.74, 6) is 0.827. The second-order valence-electron chi connectivity index (χ2n) is 19.0. The summed E-state index contributed by atoms with van der Waals surface area (Å²) in [6.07, 6.45) is 13.6. The number of likely N-dealkylation sites (tertiary alicyclic amines) is 2. The van der Waals surface area contributed by atoms with Gasteiger partial charge in [0.05, 0.1) is 56.2 Å². The van der Waals surface area contributed by atoms with Crippen LogP contribution in [0.1, 0.15) is 93.9 Å². The first kappa shape index (κ1) is 35.9. The number of hydrogen-bond acceptors (Lipinski definition) is 8. The Morgan fingerprint density at radius 1 is 0.695 bits per heavy atom. The predicted molar refractivity (Wildman–Crippen MR) is 224 cm³/mol. The van der Waals surface area contributed by atoms with E-state index in [2.05, 4.69) is 60.5 Å². The van der Waals surface area contributed by atoms with E-state index in [1.54, 1.807) is 0 Å². The summed E-state index contributed by atoms with van der Waals surface area (Å²) >= 11 is 6.16. The molecule has 302 valence electrons. The number of nitrogens with one attached hydrogen (secondary N) is 4. The fourth-order valence-corrected chi connectivity index (χ4v) is 12.1. The van der Waals surface area contributed by atoms with Crippen LogP contribution in [0.5, 0.6) is 5.88 Å². The highest BCUT2D eigenvalue weighted by Gasteiger charge is 2.70. The number of pyridine rings is 3. The van der Waals surface area contributed by atoms with Crippen LogP contribution in [-0.2, 0) is 36.5 Å². The molecule has 2 saturated heterocycles. The first-order valence-electron chi connectivity index (χ1n) is 21.2. The molecule has 0 aromatic carbocycles. The second-order valence-corrected chi connectivity index (χ2v) is 19.4. The lowest BCUT2D eigenvalue weighted by Gasteiger charge is -2.55. The van der Waals surface area contributed by atoms with Crippen LogP contribution >= 0.6 is 11.6 Å². The number of aromatic amines is 2. The van der Waals surface area contributed by atoms with Gasteiger partial charge in [0, 0.05) is 78.9 Å². The van der Waals surface area contributed by atoms with E-state index in [4.69, 9.17) is 21.3 Å². The number of nitrogens with zero attached hydrogens (tertiary/aromatic N) is 5. The fraction of sp³-hybridized carbons (Fsp3) is 0.457. The molecule has 8 aliphatic rings. The molecule has 12 nitrogen and oxygen atoms in total. The number of rotatable bonds is 3. The summed E-state index contributed by atoms with van der Waals surface area (Å²) in [5, 5.41) is 7.32. The maximum atomic E-state index is 13.3. The second kappa shape index (κ2) is 12.0. The number of ether oxygens (including phenoxy) is 1. The van der Waals surface area contributed by atoms with Crippen LogP contribution in [0, 0.1) is 0 Å². The smallest absolute Gasteiger partial charge is 0.253 e. The number of aryl methyl sites for hydroxylation is 2. The predicted octanol–water partition coefficient (Wildman–Crippen LogP) is 5.77. The molecule has 5 aromatic rings. The minimum Gasteiger partial charge on any atom is -0.475 e. The van der Waals surface area contributed by atoms with Crippen molar-refractivity contribution in [1.29, 1.82) is 0 Å². The van der Waals surface area contributed by atoms with Gasteiger partial charge in [0.25, 0.3) is 11.8 Å². The maximum Gasteiger partial charge on any atom is 0.253 e. The van der Waals surface area contributed by atoms with Gasteiger partial charge in [-0.2, -0.15) is 0 Å². The molecule has 0 unspecified atom stereocenters. The van der Waals surface area contributed by atoms with Gasteiger partial charge in [0.1, 0.15) is 5.15 Å². The molecular formula is C46H48ClN9O3. The minimum atomic E-state index is -0.0608. The Hall–Kier alpha value is -5.04. The van der Waals surface area contributed by atoms with E-state index in [-0.39, 0.29) is 39.8 Å². The van der Waals surface area contributed by atoms with Gasteiger partial charge in [0.2, 0.25) is 5.88 Å². The Balaban J connectivity index is 0.000000134. The summed E-state index contributed by atoms with van der Waals surface area (Å²) in [6.45, 7) is 7.97. The van der Waals surface area contributed by atoms with Crippen molar-refractivity contribution in [3.63, 3.8) is 0 Å². The average Bonchev–Trinajstić information content (AvgIpc) is 4.06. The largest absolute Gasteiger partial charge is 0.475 e. The number of aromatic nitrogens is 5. The molecule has 4 aliphatic heterocycles. The van der Waals surface area contributed by atoms with E-state index in [0.717, 1.165) is 134 Å². The van der Waals surface area contributed by atoms with Crippen molar-refractivity contribution < 1.29 is 14.3 Å². The molecule has 0 atom stereocenters. The fourth-order valence-electron chi connectivity index (χ4n) is 12.0. The molecule has 9 heterocycles. The Morgan fingerprint density at radius 2 is 1.22 bits per heavy atom. The van der Waals surface area contributed by atoms with Crippen molar-refractivity contribution in [3.05, 3.63) is 92.8 Å². The SMILES string of the molecule is CC(C)Oc1ccc(-c2cc3c(cn2)CCc2c-3[nH]c3c2C(=O)NC2(CC2)C32CN(C)C2)cn1.CN1CC2(C1)c1[nH]c3c(c1C(=O)NC21CC1)CCc1cnc(Cl)cc1-3. The van der Waals surface area contributed by atoms with Gasteiger partial charge < -0.3 is 35.1 Å². The summed E-state index contributed by atoms with van der Waals surface area (Å²) in [5.41, 5.74) is 15.1. The summed E-state index contributed by atoms with van der Waals surface area (Å²) in [6, 6.07) is 7.98. The molecule has 4 spiro atoms. The van der Waals surface area contributed by atoms with E-state index in [9.17, 15) is 9.59 Å². The molecule has 5 aromatic heterocycles. The zero-order valence-electron chi connectivity index (χ0n) is 33.9. The zero-order valence-corrected chi connectivity index (χ0v) is 34.7. The summed E-state index contributed by atoms with van der Waals surface area (Å²) in [7, 11) is 4.32. The van der Waals surface area contributed by atoms with E-state index < -0.39 is 0 Å².